The van der Waals surface area contributed by atoms with Crippen LogP contribution in [-0.4, -0.2) is 27.9 Å². The number of rotatable bonds is 5. The molecule has 1 rings (SSSR count). The number of halogens is 1. The normalized spacial score (nSPS) is 11.7. The van der Waals surface area contributed by atoms with Crippen molar-refractivity contribution in [2.24, 2.45) is 0 Å². The van der Waals surface area contributed by atoms with E-state index >= 15 is 0 Å². The molecule has 0 aliphatic heterocycles. The highest BCUT2D eigenvalue weighted by molar-refractivity contribution is 9.10. The van der Waals surface area contributed by atoms with Crippen molar-refractivity contribution >= 4 is 33.5 Å². The molecule has 19 heavy (non-hydrogen) atoms. The molecule has 0 aromatic heterocycles. The van der Waals surface area contributed by atoms with Crippen LogP contribution < -0.4 is 5.32 Å². The number of carboxylic acid groups (broad SMARTS) is 1. The number of nitrogens with one attached hydrogen (secondary N) is 1. The Hall–Kier alpha value is -1.96. The van der Waals surface area contributed by atoms with Gasteiger partial charge in [-0.2, -0.15) is 0 Å². The Labute approximate surface area is 116 Å². The monoisotopic (exact) mass is 330 g/mol. The van der Waals surface area contributed by atoms with Crippen LogP contribution in [0, 0.1) is 10.1 Å². The first-order chi connectivity index (χ1) is 8.88. The number of nitro benzene ring substituents is 1. The number of aliphatic carboxylic acids is 1. The molecule has 1 aromatic carbocycles. The van der Waals surface area contributed by atoms with E-state index in [1.54, 1.807) is 6.92 Å². The smallest absolute Gasteiger partial charge is 0.326 e. The summed E-state index contributed by atoms with van der Waals surface area (Å²) < 4.78 is 0.0257. The van der Waals surface area contributed by atoms with E-state index in [2.05, 4.69) is 21.2 Å². The highest BCUT2D eigenvalue weighted by atomic mass is 79.9. The predicted molar refractivity (Wildman–Crippen MR) is 70.0 cm³/mol. The molecular formula is C11H11BrN2O5. The van der Waals surface area contributed by atoms with Crippen LogP contribution in [0.4, 0.5) is 5.69 Å². The molecule has 8 heteroatoms. The van der Waals surface area contributed by atoms with Gasteiger partial charge in [-0.05, 0) is 28.4 Å². The fourth-order valence-corrected chi connectivity index (χ4v) is 2.00. The molecule has 2 N–H and O–H groups in total. The summed E-state index contributed by atoms with van der Waals surface area (Å²) in [6.07, 6.45) is 0.216. The maximum Gasteiger partial charge on any atom is 0.326 e. The lowest BCUT2D eigenvalue weighted by atomic mass is 10.1. The third-order valence-electron chi connectivity index (χ3n) is 2.43. The van der Waals surface area contributed by atoms with Crippen molar-refractivity contribution in [1.29, 1.82) is 0 Å². The van der Waals surface area contributed by atoms with Crippen molar-refractivity contribution in [2.45, 2.75) is 19.4 Å². The standard InChI is InChI=1S/C11H11BrN2O5/c1-2-7(11(16)17)13-10(15)6-4-3-5-8(9(6)12)14(18)19/h3-5,7H,2H2,1H3,(H,13,15)(H,16,17)/t7-/m1/s1. The molecule has 1 atom stereocenters. The van der Waals surface area contributed by atoms with Crippen LogP contribution in [0.25, 0.3) is 0 Å². The lowest BCUT2D eigenvalue weighted by Crippen LogP contribution is -2.40. The number of nitrogens with zero attached hydrogens (tertiary/aromatic N) is 1. The lowest BCUT2D eigenvalue weighted by molar-refractivity contribution is -0.385. The first kappa shape index (κ1) is 15.1. The number of nitro groups is 1. The van der Waals surface area contributed by atoms with Gasteiger partial charge in [-0.1, -0.05) is 13.0 Å². The van der Waals surface area contributed by atoms with E-state index in [1.807, 2.05) is 0 Å². The van der Waals surface area contributed by atoms with Gasteiger partial charge in [0.1, 0.15) is 10.5 Å². The average Bonchev–Trinajstić information content (AvgIpc) is 2.35. The summed E-state index contributed by atoms with van der Waals surface area (Å²) in [7, 11) is 0. The Kier molecular flexibility index (Phi) is 4.99. The van der Waals surface area contributed by atoms with E-state index in [-0.39, 0.29) is 22.1 Å². The molecule has 0 saturated carbocycles. The molecule has 0 heterocycles. The molecule has 0 spiro atoms. The van der Waals surface area contributed by atoms with Crippen LogP contribution in [0.15, 0.2) is 22.7 Å². The highest BCUT2D eigenvalue weighted by Crippen LogP contribution is 2.28. The Bertz CT molecular complexity index is 532. The van der Waals surface area contributed by atoms with Crippen molar-refractivity contribution in [3.05, 3.63) is 38.3 Å². The van der Waals surface area contributed by atoms with E-state index in [1.165, 1.54) is 18.2 Å². The third-order valence-corrected chi connectivity index (χ3v) is 3.26. The number of carbonyl (C=O) groups excluding carboxylic acids is 1. The second-order valence-electron chi connectivity index (χ2n) is 3.67. The first-order valence-corrected chi connectivity index (χ1v) is 6.14. The summed E-state index contributed by atoms with van der Waals surface area (Å²) in [6, 6.07) is 2.95. The van der Waals surface area contributed by atoms with Gasteiger partial charge in [0, 0.05) is 6.07 Å². The maximum atomic E-state index is 11.9. The van der Waals surface area contributed by atoms with Crippen molar-refractivity contribution in [1.82, 2.24) is 5.32 Å². The summed E-state index contributed by atoms with van der Waals surface area (Å²) in [5, 5.41) is 21.9. The van der Waals surface area contributed by atoms with Crippen LogP contribution in [-0.2, 0) is 4.79 Å². The quantitative estimate of drug-likeness (QED) is 0.633. The Morgan fingerprint density at radius 3 is 2.63 bits per heavy atom. The molecule has 0 radical (unpaired) electrons. The van der Waals surface area contributed by atoms with Gasteiger partial charge >= 0.3 is 5.97 Å². The molecule has 0 saturated heterocycles. The average molecular weight is 331 g/mol. The molecule has 0 aliphatic carbocycles. The summed E-state index contributed by atoms with van der Waals surface area (Å²) in [5.74, 6) is -1.83. The fourth-order valence-electron chi connectivity index (χ4n) is 1.41. The van der Waals surface area contributed by atoms with E-state index in [0.29, 0.717) is 0 Å². The summed E-state index contributed by atoms with van der Waals surface area (Å²) in [6.45, 7) is 1.61. The minimum atomic E-state index is -1.16. The Morgan fingerprint density at radius 1 is 1.53 bits per heavy atom. The highest BCUT2D eigenvalue weighted by Gasteiger charge is 2.23. The second-order valence-corrected chi connectivity index (χ2v) is 4.46. The van der Waals surface area contributed by atoms with Crippen molar-refractivity contribution < 1.29 is 19.6 Å². The van der Waals surface area contributed by atoms with E-state index in [9.17, 15) is 19.7 Å². The summed E-state index contributed by atoms with van der Waals surface area (Å²) in [5.41, 5.74) is -0.232. The zero-order chi connectivity index (χ0) is 14.6. The van der Waals surface area contributed by atoms with E-state index < -0.39 is 22.8 Å². The molecule has 1 aromatic rings. The van der Waals surface area contributed by atoms with Gasteiger partial charge < -0.3 is 10.4 Å². The van der Waals surface area contributed by atoms with Crippen LogP contribution in [0.1, 0.15) is 23.7 Å². The Balaban J connectivity index is 3.04. The van der Waals surface area contributed by atoms with Crippen molar-refractivity contribution in [3.63, 3.8) is 0 Å². The van der Waals surface area contributed by atoms with Gasteiger partial charge in [0.05, 0.1) is 10.5 Å². The number of amides is 1. The lowest BCUT2D eigenvalue weighted by Gasteiger charge is -2.12. The first-order valence-electron chi connectivity index (χ1n) is 5.35. The molecule has 0 unspecified atom stereocenters. The second kappa shape index (κ2) is 6.28. The van der Waals surface area contributed by atoms with Gasteiger partial charge in [-0.15, -0.1) is 0 Å². The number of carbonyl (C=O) groups is 2. The molecule has 0 bridgehead atoms. The third kappa shape index (κ3) is 3.50. The van der Waals surface area contributed by atoms with Gasteiger partial charge in [0.2, 0.25) is 0 Å². The topological polar surface area (TPSA) is 110 Å². The molecule has 1 amide bonds. The van der Waals surface area contributed by atoms with Crippen LogP contribution in [0.5, 0.6) is 0 Å². The number of hydrogen-bond donors (Lipinski definition) is 2. The minimum absolute atomic E-state index is 0.0221. The predicted octanol–water partition coefficient (Wildman–Crippen LogP) is 1.95. The molecule has 102 valence electrons. The Morgan fingerprint density at radius 2 is 2.16 bits per heavy atom. The van der Waals surface area contributed by atoms with Crippen molar-refractivity contribution in [2.75, 3.05) is 0 Å². The number of carboxylic acids is 1. The van der Waals surface area contributed by atoms with Gasteiger partial charge in [-0.3, -0.25) is 14.9 Å². The maximum absolute atomic E-state index is 11.9. The van der Waals surface area contributed by atoms with E-state index in [0.717, 1.165) is 0 Å². The SMILES string of the molecule is CC[C@@H](NC(=O)c1cccc([N+](=O)[O-])c1Br)C(=O)O. The van der Waals surface area contributed by atoms with E-state index in [4.69, 9.17) is 5.11 Å². The minimum Gasteiger partial charge on any atom is -0.480 e. The number of benzene rings is 1. The molecule has 0 fully saturated rings. The molecule has 0 aliphatic rings. The zero-order valence-electron chi connectivity index (χ0n) is 9.92. The summed E-state index contributed by atoms with van der Waals surface area (Å²) in [4.78, 5) is 32.8. The molecular weight excluding hydrogens is 320 g/mol. The molecule has 7 nitrogen and oxygen atoms in total. The van der Waals surface area contributed by atoms with Crippen molar-refractivity contribution in [3.8, 4) is 0 Å². The number of hydrogen-bond acceptors (Lipinski definition) is 4. The van der Waals surface area contributed by atoms with Crippen LogP contribution >= 0.6 is 15.9 Å². The van der Waals surface area contributed by atoms with Crippen LogP contribution in [0.3, 0.4) is 0 Å². The van der Waals surface area contributed by atoms with Gasteiger partial charge in [0.25, 0.3) is 11.6 Å². The van der Waals surface area contributed by atoms with Gasteiger partial charge in [0.15, 0.2) is 0 Å². The zero-order valence-corrected chi connectivity index (χ0v) is 11.5. The van der Waals surface area contributed by atoms with Crippen LogP contribution in [0.2, 0.25) is 0 Å². The largest absolute Gasteiger partial charge is 0.480 e. The summed E-state index contributed by atoms with van der Waals surface area (Å²) >= 11 is 2.98. The van der Waals surface area contributed by atoms with Gasteiger partial charge in [-0.25, -0.2) is 4.79 Å². The fraction of sp³-hybridized carbons (Fsp3) is 0.273.